The van der Waals surface area contributed by atoms with Gasteiger partial charge >= 0.3 is 5.89 Å². The molecule has 0 atom stereocenters. The third-order valence-electron chi connectivity index (χ3n) is 5.22. The molecule has 0 unspecified atom stereocenters. The van der Waals surface area contributed by atoms with Crippen molar-refractivity contribution in [2.45, 2.75) is 13.0 Å². The Labute approximate surface area is 187 Å². The summed E-state index contributed by atoms with van der Waals surface area (Å²) in [6.45, 7) is 0.349. The summed E-state index contributed by atoms with van der Waals surface area (Å²) >= 11 is 0. The Morgan fingerprint density at radius 1 is 0.969 bits per heavy atom. The van der Waals surface area contributed by atoms with E-state index in [0.29, 0.717) is 18.0 Å². The van der Waals surface area contributed by atoms with E-state index >= 15 is 0 Å². The number of anilines is 1. The van der Waals surface area contributed by atoms with E-state index in [9.17, 15) is 13.0 Å². The number of aryl methyl sites for hydroxylation is 1. The quantitative estimate of drug-likeness (QED) is 0.294. The summed E-state index contributed by atoms with van der Waals surface area (Å²) in [5, 5.41) is 0. The average molecular weight is 449 g/mol. The molecule has 7 heteroatoms. The van der Waals surface area contributed by atoms with E-state index in [1.165, 1.54) is 0 Å². The van der Waals surface area contributed by atoms with E-state index in [-0.39, 0.29) is 6.42 Å². The molecule has 0 bridgehead atoms. The predicted molar refractivity (Wildman–Crippen MR) is 125 cm³/mol. The molecular weight excluding hydrogens is 424 g/mol. The van der Waals surface area contributed by atoms with E-state index in [2.05, 4.69) is 0 Å². The van der Waals surface area contributed by atoms with Gasteiger partial charge in [-0.25, -0.2) is 8.42 Å². The van der Waals surface area contributed by atoms with E-state index in [0.717, 1.165) is 22.3 Å². The van der Waals surface area contributed by atoms with Crippen LogP contribution in [0.2, 0.25) is 0 Å². The minimum Gasteiger partial charge on any atom is -0.748 e. The summed E-state index contributed by atoms with van der Waals surface area (Å²) in [5.41, 5.74) is 4.66. The zero-order chi connectivity index (χ0) is 22.6. The van der Waals surface area contributed by atoms with E-state index in [4.69, 9.17) is 4.42 Å². The molecule has 0 saturated carbocycles. The van der Waals surface area contributed by atoms with Gasteiger partial charge in [-0.05, 0) is 29.3 Å². The fourth-order valence-electron chi connectivity index (χ4n) is 3.59. The van der Waals surface area contributed by atoms with Crippen LogP contribution in [0, 0.1) is 0 Å². The lowest BCUT2D eigenvalue weighted by atomic mass is 10.1. The zero-order valence-electron chi connectivity index (χ0n) is 17.7. The van der Waals surface area contributed by atoms with Crippen molar-refractivity contribution in [3.8, 4) is 11.1 Å². The normalized spacial score (nSPS) is 11.9. The van der Waals surface area contributed by atoms with Crippen LogP contribution in [0.25, 0.3) is 28.3 Å². The Hall–Kier alpha value is -3.42. The van der Waals surface area contributed by atoms with Gasteiger partial charge in [0.25, 0.3) is 5.52 Å². The van der Waals surface area contributed by atoms with Crippen molar-refractivity contribution >= 4 is 33.0 Å². The standard InChI is InChI=1S/C25H24N2O4S/c1-26(22-11-6-3-7-12-22)17-15-25-27(16-8-18-32(28,29)30)23-19-21(13-14-24(23)31-25)20-9-4-2-5-10-20/h2-7,9-15,17,19H,8,16,18H2,1H3. The second-order valence-corrected chi connectivity index (χ2v) is 9.04. The van der Waals surface area contributed by atoms with Crippen LogP contribution < -0.4 is 9.47 Å². The highest BCUT2D eigenvalue weighted by atomic mass is 32.2. The Bertz CT molecular complexity index is 1330. The van der Waals surface area contributed by atoms with E-state index < -0.39 is 15.9 Å². The molecule has 4 rings (SSSR count). The van der Waals surface area contributed by atoms with Gasteiger partial charge in [0.1, 0.15) is 0 Å². The number of aromatic nitrogens is 1. The fourth-order valence-corrected chi connectivity index (χ4v) is 4.07. The SMILES string of the molecule is CN(/C=C/c1oc2ccc(-c3ccccc3)cc2[n+]1CCCS(=O)(=O)[O-])c1ccccc1. The number of oxazole rings is 1. The number of benzene rings is 3. The van der Waals surface area contributed by atoms with Crippen LogP contribution in [0.1, 0.15) is 12.3 Å². The van der Waals surface area contributed by atoms with Crippen LogP contribution >= 0.6 is 0 Å². The monoisotopic (exact) mass is 448 g/mol. The molecule has 4 aromatic rings. The van der Waals surface area contributed by atoms with Gasteiger partial charge in [-0.1, -0.05) is 54.6 Å². The summed E-state index contributed by atoms with van der Waals surface area (Å²) in [6.07, 6.45) is 3.95. The van der Waals surface area contributed by atoms with Crippen LogP contribution in [0.3, 0.4) is 0 Å². The summed E-state index contributed by atoms with van der Waals surface area (Å²) in [7, 11) is -2.34. The van der Waals surface area contributed by atoms with Gasteiger partial charge < -0.3 is 13.9 Å². The molecule has 1 aromatic heterocycles. The summed E-state index contributed by atoms with van der Waals surface area (Å²) in [5.74, 6) is 0.161. The molecule has 3 aromatic carbocycles. The number of hydrogen-bond donors (Lipinski definition) is 0. The van der Waals surface area contributed by atoms with Crippen molar-refractivity contribution in [1.29, 1.82) is 0 Å². The molecule has 1 heterocycles. The third kappa shape index (κ3) is 5.25. The molecule has 32 heavy (non-hydrogen) atoms. The number of para-hydroxylation sites is 1. The minimum absolute atomic E-state index is 0.204. The molecule has 0 aliphatic rings. The van der Waals surface area contributed by atoms with Crippen molar-refractivity contribution in [2.24, 2.45) is 0 Å². The highest BCUT2D eigenvalue weighted by molar-refractivity contribution is 7.85. The molecule has 0 amide bonds. The molecule has 0 saturated heterocycles. The summed E-state index contributed by atoms with van der Waals surface area (Å²) < 4.78 is 41.3. The lowest BCUT2D eigenvalue weighted by Gasteiger charge is -2.12. The summed E-state index contributed by atoms with van der Waals surface area (Å²) in [6, 6.07) is 25.8. The number of hydrogen-bond acceptors (Lipinski definition) is 5. The molecule has 0 spiro atoms. The Morgan fingerprint density at radius 2 is 1.66 bits per heavy atom. The molecule has 0 aliphatic carbocycles. The van der Waals surface area contributed by atoms with Gasteiger partial charge in [0, 0.05) is 37.2 Å². The molecular formula is C25H24N2O4S. The van der Waals surface area contributed by atoms with Gasteiger partial charge in [0.2, 0.25) is 5.58 Å². The Morgan fingerprint density at radius 3 is 2.34 bits per heavy atom. The van der Waals surface area contributed by atoms with Gasteiger partial charge in [-0.15, -0.1) is 0 Å². The smallest absolute Gasteiger partial charge is 0.375 e. The number of fused-ring (bicyclic) bond motifs is 1. The van der Waals surface area contributed by atoms with Crippen LogP contribution in [0.4, 0.5) is 5.69 Å². The first-order valence-corrected chi connectivity index (χ1v) is 11.9. The molecule has 0 aliphatic heterocycles. The van der Waals surface area contributed by atoms with Crippen LogP contribution in [-0.4, -0.2) is 25.8 Å². The van der Waals surface area contributed by atoms with Crippen LogP contribution in [0.15, 0.2) is 89.5 Å². The van der Waals surface area contributed by atoms with E-state index in [1.54, 1.807) is 0 Å². The third-order valence-corrected chi connectivity index (χ3v) is 6.01. The van der Waals surface area contributed by atoms with Crippen molar-refractivity contribution in [1.82, 2.24) is 0 Å². The van der Waals surface area contributed by atoms with Gasteiger partial charge in [0.15, 0.2) is 6.54 Å². The number of rotatable bonds is 8. The van der Waals surface area contributed by atoms with Crippen molar-refractivity contribution < 1.29 is 22.0 Å². The topological polar surface area (TPSA) is 77.5 Å². The summed E-state index contributed by atoms with van der Waals surface area (Å²) in [4.78, 5) is 1.97. The minimum atomic E-state index is -4.28. The van der Waals surface area contributed by atoms with Crippen molar-refractivity contribution in [3.63, 3.8) is 0 Å². The zero-order valence-corrected chi connectivity index (χ0v) is 18.5. The molecule has 164 valence electrons. The second-order valence-electron chi connectivity index (χ2n) is 7.52. The Balaban J connectivity index is 1.71. The lowest BCUT2D eigenvalue weighted by molar-refractivity contribution is -0.677. The lowest BCUT2D eigenvalue weighted by Crippen LogP contribution is -2.36. The predicted octanol–water partition coefficient (Wildman–Crippen LogP) is 4.43. The fraction of sp³-hybridized carbons (Fsp3) is 0.160. The average Bonchev–Trinajstić information content (AvgIpc) is 3.14. The molecule has 6 nitrogen and oxygen atoms in total. The van der Waals surface area contributed by atoms with Crippen LogP contribution in [0.5, 0.6) is 0 Å². The Kier molecular flexibility index (Phi) is 6.39. The second kappa shape index (κ2) is 9.38. The highest BCUT2D eigenvalue weighted by Crippen LogP contribution is 2.24. The van der Waals surface area contributed by atoms with Gasteiger partial charge in [-0.3, -0.25) is 0 Å². The highest BCUT2D eigenvalue weighted by Gasteiger charge is 2.21. The molecule has 0 radical (unpaired) electrons. The first kappa shape index (κ1) is 21.8. The maximum Gasteiger partial charge on any atom is 0.375 e. The first-order valence-electron chi connectivity index (χ1n) is 10.3. The first-order chi connectivity index (χ1) is 15.4. The van der Waals surface area contributed by atoms with Gasteiger partial charge in [-0.2, -0.15) is 4.57 Å². The number of nitrogens with zero attached hydrogens (tertiary/aromatic N) is 2. The van der Waals surface area contributed by atoms with Crippen LogP contribution in [-0.2, 0) is 16.7 Å². The molecule has 0 N–H and O–H groups in total. The van der Waals surface area contributed by atoms with Crippen molar-refractivity contribution in [3.05, 3.63) is 91.0 Å². The maximum absolute atomic E-state index is 11.1. The maximum atomic E-state index is 11.1. The van der Waals surface area contributed by atoms with Gasteiger partial charge in [0.05, 0.1) is 16.2 Å². The largest absolute Gasteiger partial charge is 0.748 e. The van der Waals surface area contributed by atoms with Crippen molar-refractivity contribution in [2.75, 3.05) is 17.7 Å². The molecule has 0 fully saturated rings. The van der Waals surface area contributed by atoms with E-state index in [1.807, 2.05) is 108 Å².